The van der Waals surface area contributed by atoms with E-state index in [1.165, 1.54) is 0 Å². The molecule has 0 aliphatic carbocycles. The maximum absolute atomic E-state index is 15.8. The number of likely N-dealkylation sites (tertiary alicyclic amines) is 1. The van der Waals surface area contributed by atoms with Crippen molar-refractivity contribution in [2.24, 2.45) is 11.8 Å². The normalized spacial score (nSPS) is 23.6. The Kier molecular flexibility index (Phi) is 10.6. The SMILES string of the molecule is COc1ccc(C(C)(C)[C@@H]2[C@@H](CC(=O)N3CCC[C@H]3CO)O[C@]3(C(=O)N(Cc4ccc(N5C(=O)COc6ccccc65)cc4)c4ccc(N5C(=O)COc6ccccc65)cc43)[C@H]2C)cc1. The maximum atomic E-state index is 15.8. The minimum Gasteiger partial charge on any atom is -0.497 e. The lowest BCUT2D eigenvalue weighted by Crippen LogP contribution is -2.46. The summed E-state index contributed by atoms with van der Waals surface area (Å²) >= 11 is 0. The number of nitrogens with zero attached hydrogens (tertiary/aromatic N) is 4. The number of hydrogen-bond acceptors (Lipinski definition) is 9. The Balaban J connectivity index is 1.08. The molecule has 334 valence electrons. The van der Waals surface area contributed by atoms with Crippen molar-refractivity contribution in [2.75, 3.05) is 48.2 Å². The second-order valence-corrected chi connectivity index (χ2v) is 18.2. The molecule has 10 rings (SSSR count). The number of hydrogen-bond donors (Lipinski definition) is 1. The molecule has 0 aromatic heterocycles. The maximum Gasteiger partial charge on any atom is 0.269 e. The van der Waals surface area contributed by atoms with E-state index in [2.05, 4.69) is 13.8 Å². The molecule has 5 aromatic carbocycles. The lowest BCUT2D eigenvalue weighted by molar-refractivity contribution is -0.150. The predicted molar refractivity (Wildman–Crippen MR) is 244 cm³/mol. The fraction of sp³-hybridized carbons (Fsp3) is 0.346. The van der Waals surface area contributed by atoms with E-state index in [1.807, 2.05) is 122 Å². The fourth-order valence-electron chi connectivity index (χ4n) is 11.1. The van der Waals surface area contributed by atoms with Gasteiger partial charge in [0.05, 0.1) is 55.9 Å². The number of carbonyl (C=O) groups is 4. The van der Waals surface area contributed by atoms with Gasteiger partial charge in [0.1, 0.15) is 17.2 Å². The molecule has 5 aliphatic rings. The lowest BCUT2D eigenvalue weighted by Gasteiger charge is -2.39. The number of fused-ring (bicyclic) bond motifs is 4. The molecule has 2 fully saturated rings. The molecule has 0 radical (unpaired) electrons. The summed E-state index contributed by atoms with van der Waals surface area (Å²) in [6.07, 6.45) is 0.816. The van der Waals surface area contributed by atoms with Crippen molar-refractivity contribution in [3.05, 3.63) is 132 Å². The molecule has 13 nitrogen and oxygen atoms in total. The van der Waals surface area contributed by atoms with Gasteiger partial charge in [0.15, 0.2) is 18.8 Å². The molecule has 13 heteroatoms. The number of carbonyl (C=O) groups excluding carboxylic acids is 4. The largest absolute Gasteiger partial charge is 0.497 e. The third-order valence-electron chi connectivity index (χ3n) is 14.3. The molecule has 0 unspecified atom stereocenters. The summed E-state index contributed by atoms with van der Waals surface area (Å²) in [5.74, 6) is 0.202. The average Bonchev–Trinajstić information content (AvgIpc) is 3.99. The Hall–Kier alpha value is -6.70. The third kappa shape index (κ3) is 6.91. The summed E-state index contributed by atoms with van der Waals surface area (Å²) in [5.41, 5.74) is 3.34. The van der Waals surface area contributed by atoms with Crippen molar-refractivity contribution in [2.45, 2.75) is 69.7 Å². The zero-order chi connectivity index (χ0) is 45.2. The van der Waals surface area contributed by atoms with Crippen molar-refractivity contribution >= 4 is 52.1 Å². The van der Waals surface area contributed by atoms with Crippen molar-refractivity contribution in [3.8, 4) is 17.2 Å². The minimum absolute atomic E-state index is 0.00925. The summed E-state index contributed by atoms with van der Waals surface area (Å²) in [7, 11) is 1.63. The van der Waals surface area contributed by atoms with E-state index >= 15 is 4.79 Å². The molecule has 4 amide bonds. The Morgan fingerprint density at radius 1 is 0.800 bits per heavy atom. The molecular formula is C52H52N4O9. The van der Waals surface area contributed by atoms with E-state index in [0.717, 1.165) is 24.0 Å². The molecule has 1 spiro atoms. The highest BCUT2D eigenvalue weighted by atomic mass is 16.5. The number of ether oxygens (including phenoxy) is 4. The molecule has 5 aromatic rings. The van der Waals surface area contributed by atoms with Crippen LogP contribution >= 0.6 is 0 Å². The van der Waals surface area contributed by atoms with Crippen molar-refractivity contribution in [1.82, 2.24) is 4.90 Å². The first kappa shape index (κ1) is 42.3. The predicted octanol–water partition coefficient (Wildman–Crippen LogP) is 7.55. The molecule has 2 saturated heterocycles. The summed E-state index contributed by atoms with van der Waals surface area (Å²) in [4.78, 5) is 63.9. The van der Waals surface area contributed by atoms with E-state index in [9.17, 15) is 19.5 Å². The van der Waals surface area contributed by atoms with E-state index in [4.69, 9.17) is 18.9 Å². The summed E-state index contributed by atoms with van der Waals surface area (Å²) < 4.78 is 24.4. The number of para-hydroxylation sites is 4. The fourth-order valence-corrected chi connectivity index (χ4v) is 11.1. The highest BCUT2D eigenvalue weighted by Crippen LogP contribution is 2.61. The van der Waals surface area contributed by atoms with Crippen LogP contribution in [-0.4, -0.2) is 79.3 Å². The van der Waals surface area contributed by atoms with Gasteiger partial charge < -0.3 is 33.9 Å². The van der Waals surface area contributed by atoms with Crippen LogP contribution in [0, 0.1) is 11.8 Å². The van der Waals surface area contributed by atoms with Gasteiger partial charge in [-0.1, -0.05) is 69.3 Å². The number of amides is 4. The molecule has 0 bridgehead atoms. The first-order valence-corrected chi connectivity index (χ1v) is 22.3. The Morgan fingerprint density at radius 2 is 1.42 bits per heavy atom. The van der Waals surface area contributed by atoms with Crippen LogP contribution in [0.4, 0.5) is 28.4 Å². The zero-order valence-electron chi connectivity index (χ0n) is 36.9. The van der Waals surface area contributed by atoms with Gasteiger partial charge in [-0.15, -0.1) is 0 Å². The molecule has 0 saturated carbocycles. The Morgan fingerprint density at radius 3 is 2.05 bits per heavy atom. The highest BCUT2D eigenvalue weighted by molar-refractivity contribution is 6.10. The molecule has 65 heavy (non-hydrogen) atoms. The number of methoxy groups -OCH3 is 1. The Bertz CT molecular complexity index is 2690. The van der Waals surface area contributed by atoms with Crippen LogP contribution < -0.4 is 28.9 Å². The number of anilines is 5. The van der Waals surface area contributed by atoms with Crippen LogP contribution in [0.25, 0.3) is 0 Å². The van der Waals surface area contributed by atoms with E-state index < -0.39 is 23.0 Å². The highest BCUT2D eigenvalue weighted by Gasteiger charge is 2.66. The Labute approximate surface area is 378 Å². The molecule has 1 N–H and O–H groups in total. The van der Waals surface area contributed by atoms with Gasteiger partial charge in [-0.3, -0.25) is 29.0 Å². The van der Waals surface area contributed by atoms with Crippen molar-refractivity contribution in [3.63, 3.8) is 0 Å². The van der Waals surface area contributed by atoms with E-state index in [1.54, 1.807) is 26.7 Å². The number of aliphatic hydroxyl groups is 1. The first-order valence-electron chi connectivity index (χ1n) is 22.3. The second kappa shape index (κ2) is 16.4. The van der Waals surface area contributed by atoms with Gasteiger partial charge in [0.2, 0.25) is 5.91 Å². The quantitative estimate of drug-likeness (QED) is 0.151. The molecule has 5 heterocycles. The number of aliphatic hydroxyl groups excluding tert-OH is 1. The first-order chi connectivity index (χ1) is 31.4. The van der Waals surface area contributed by atoms with E-state index in [0.29, 0.717) is 57.8 Å². The molecular weight excluding hydrogens is 825 g/mol. The second-order valence-electron chi connectivity index (χ2n) is 18.2. The van der Waals surface area contributed by atoms with Gasteiger partial charge in [-0.05, 0) is 96.1 Å². The summed E-state index contributed by atoms with van der Waals surface area (Å²) in [6, 6.07) is 35.6. The summed E-state index contributed by atoms with van der Waals surface area (Å²) in [5, 5.41) is 10.2. The van der Waals surface area contributed by atoms with E-state index in [-0.39, 0.29) is 68.4 Å². The van der Waals surface area contributed by atoms with Gasteiger partial charge >= 0.3 is 0 Å². The zero-order valence-corrected chi connectivity index (χ0v) is 36.9. The smallest absolute Gasteiger partial charge is 0.269 e. The van der Waals surface area contributed by atoms with Crippen LogP contribution in [-0.2, 0) is 41.5 Å². The number of benzene rings is 5. The van der Waals surface area contributed by atoms with Crippen LogP contribution in [0.5, 0.6) is 17.2 Å². The van der Waals surface area contributed by atoms with Gasteiger partial charge in [-0.25, -0.2) is 0 Å². The van der Waals surface area contributed by atoms with Gasteiger partial charge in [0, 0.05) is 35.3 Å². The van der Waals surface area contributed by atoms with Crippen LogP contribution in [0.3, 0.4) is 0 Å². The van der Waals surface area contributed by atoms with Gasteiger partial charge in [0.25, 0.3) is 17.7 Å². The summed E-state index contributed by atoms with van der Waals surface area (Å²) in [6.45, 7) is 6.70. The molecule has 5 aliphatic heterocycles. The average molecular weight is 877 g/mol. The van der Waals surface area contributed by atoms with Crippen LogP contribution in [0.1, 0.15) is 56.7 Å². The van der Waals surface area contributed by atoms with Crippen molar-refractivity contribution in [1.29, 1.82) is 0 Å². The lowest BCUT2D eigenvalue weighted by atomic mass is 9.63. The minimum atomic E-state index is -1.56. The third-order valence-corrected chi connectivity index (χ3v) is 14.3. The monoisotopic (exact) mass is 876 g/mol. The number of rotatable bonds is 10. The van der Waals surface area contributed by atoms with Crippen LogP contribution in [0.2, 0.25) is 0 Å². The topological polar surface area (TPSA) is 138 Å². The van der Waals surface area contributed by atoms with Gasteiger partial charge in [-0.2, -0.15) is 0 Å². The van der Waals surface area contributed by atoms with Crippen LogP contribution in [0.15, 0.2) is 115 Å². The standard InChI is InChI=1S/C52H52N4O9/c1-32-49(51(2,3)34-17-22-38(62-4)23-18-34)45(27-46(58)53-25-9-10-37(53)29-57)65-52(32)39-26-36(56-42-12-6-8-14-44(42)64-31-48(56)60)21-24-40(39)54(50(52)61)28-33-15-19-35(20-16-33)55-41-11-5-7-13-43(41)63-30-47(55)59/h5-8,11-24,26,32,37,45,49,57H,9-10,25,27-31H2,1-4H3/t32-,37-,45+,49-,52+/m0/s1. The van der Waals surface area contributed by atoms with Crippen molar-refractivity contribution < 1.29 is 43.2 Å². The molecule has 5 atom stereocenters.